The van der Waals surface area contributed by atoms with Crippen molar-refractivity contribution in [1.29, 1.82) is 0 Å². The van der Waals surface area contributed by atoms with E-state index < -0.39 is 12.2 Å². The van der Waals surface area contributed by atoms with Crippen LogP contribution in [-0.4, -0.2) is 42.7 Å². The zero-order chi connectivity index (χ0) is 9.47. The van der Waals surface area contributed by atoms with E-state index in [1.807, 2.05) is 0 Å². The minimum Gasteiger partial charge on any atom is -0.354 e. The quantitative estimate of drug-likeness (QED) is 0.609. The van der Waals surface area contributed by atoms with Crippen LogP contribution in [0.15, 0.2) is 4.99 Å². The molecule has 1 fully saturated rings. The van der Waals surface area contributed by atoms with Gasteiger partial charge in [0.25, 0.3) is 0 Å². The molecule has 2 aliphatic rings. The fourth-order valence-electron chi connectivity index (χ4n) is 1.73. The average Bonchev–Trinajstić information content (AvgIpc) is 2.48. The van der Waals surface area contributed by atoms with E-state index in [-0.39, 0.29) is 13.0 Å². The van der Waals surface area contributed by atoms with E-state index in [0.717, 1.165) is 0 Å². The summed E-state index contributed by atoms with van der Waals surface area (Å²) in [5.41, 5.74) is 0. The van der Waals surface area contributed by atoms with E-state index >= 15 is 0 Å². The van der Waals surface area contributed by atoms with Gasteiger partial charge in [0.2, 0.25) is 0 Å². The molecule has 13 heavy (non-hydrogen) atoms. The number of hydrogen-bond acceptors (Lipinski definition) is 3. The molecule has 0 aromatic heterocycles. The highest BCUT2D eigenvalue weighted by molar-refractivity contribution is 5.82. The van der Waals surface area contributed by atoms with E-state index in [4.69, 9.17) is 0 Å². The van der Waals surface area contributed by atoms with E-state index in [1.54, 1.807) is 0 Å². The van der Waals surface area contributed by atoms with Crippen LogP contribution < -0.4 is 5.32 Å². The summed E-state index contributed by atoms with van der Waals surface area (Å²) in [7, 11) is 0. The second-order valence-electron chi connectivity index (χ2n) is 3.17. The number of nitrogens with one attached hydrogen (secondary N) is 1. The Kier molecular flexibility index (Phi) is 1.85. The van der Waals surface area contributed by atoms with Crippen molar-refractivity contribution in [3.8, 4) is 0 Å². The fraction of sp³-hybridized carbons (Fsp3) is 0.857. The highest BCUT2D eigenvalue weighted by atomic mass is 19.4. The zero-order valence-electron chi connectivity index (χ0n) is 6.93. The van der Waals surface area contributed by atoms with Crippen LogP contribution >= 0.6 is 0 Å². The molecule has 1 atom stereocenters. The molecule has 2 aliphatic heterocycles. The van der Waals surface area contributed by atoms with Gasteiger partial charge in [-0.2, -0.15) is 13.2 Å². The molecule has 1 saturated heterocycles. The van der Waals surface area contributed by atoms with Crippen LogP contribution in [0.1, 0.15) is 6.42 Å². The lowest BCUT2D eigenvalue weighted by molar-refractivity contribution is -0.174. The van der Waals surface area contributed by atoms with Gasteiger partial charge in [-0.15, -0.1) is 0 Å². The van der Waals surface area contributed by atoms with E-state index in [0.29, 0.717) is 19.0 Å². The van der Waals surface area contributed by atoms with Crippen molar-refractivity contribution >= 4 is 5.96 Å². The molecule has 2 rings (SSSR count). The van der Waals surface area contributed by atoms with Gasteiger partial charge in [0.05, 0.1) is 0 Å². The third-order valence-electron chi connectivity index (χ3n) is 2.33. The molecule has 6 heteroatoms. The Labute approximate surface area is 73.6 Å². The molecule has 0 aliphatic carbocycles. The molecule has 0 bridgehead atoms. The summed E-state index contributed by atoms with van der Waals surface area (Å²) in [5, 5.41) is 2.84. The van der Waals surface area contributed by atoms with Crippen LogP contribution in [0.2, 0.25) is 0 Å². The lowest BCUT2D eigenvalue weighted by Gasteiger charge is -2.33. The smallest absolute Gasteiger partial charge is 0.354 e. The Balaban J connectivity index is 2.19. The van der Waals surface area contributed by atoms with Gasteiger partial charge < -0.3 is 10.2 Å². The van der Waals surface area contributed by atoms with Gasteiger partial charge in [-0.05, 0) is 6.42 Å². The van der Waals surface area contributed by atoms with Crippen molar-refractivity contribution in [3.63, 3.8) is 0 Å². The second kappa shape index (κ2) is 2.78. The van der Waals surface area contributed by atoms with Gasteiger partial charge in [0.15, 0.2) is 5.96 Å². The standard InChI is InChI=1S/C7H10F3N3/c8-7(9,10)5-1-2-11-6-12-3-4-13(5)6/h5H,1-4H2,(H,11,12). The summed E-state index contributed by atoms with van der Waals surface area (Å²) in [6, 6.07) is -1.34. The monoisotopic (exact) mass is 193 g/mol. The molecule has 0 radical (unpaired) electrons. The lowest BCUT2D eigenvalue weighted by atomic mass is 10.1. The number of hydrogen-bond donors (Lipinski definition) is 1. The minimum atomic E-state index is -4.13. The molecule has 1 N–H and O–H groups in total. The SMILES string of the molecule is FC(F)(F)C1CCN=C2NCCN21. The van der Waals surface area contributed by atoms with Gasteiger partial charge in [-0.3, -0.25) is 4.99 Å². The van der Waals surface area contributed by atoms with Crippen molar-refractivity contribution in [2.24, 2.45) is 4.99 Å². The van der Waals surface area contributed by atoms with E-state index in [2.05, 4.69) is 10.3 Å². The van der Waals surface area contributed by atoms with Crippen molar-refractivity contribution in [2.75, 3.05) is 19.6 Å². The first-order chi connectivity index (χ1) is 6.09. The summed E-state index contributed by atoms with van der Waals surface area (Å²) in [6.07, 6.45) is -4.05. The van der Waals surface area contributed by atoms with Crippen LogP contribution in [0.5, 0.6) is 0 Å². The molecule has 0 aromatic carbocycles. The number of rotatable bonds is 0. The van der Waals surface area contributed by atoms with Crippen molar-refractivity contribution in [2.45, 2.75) is 18.6 Å². The van der Waals surface area contributed by atoms with Gasteiger partial charge in [-0.25, -0.2) is 0 Å². The van der Waals surface area contributed by atoms with E-state index in [9.17, 15) is 13.2 Å². The molecule has 0 amide bonds. The summed E-state index contributed by atoms with van der Waals surface area (Å²) < 4.78 is 37.4. The van der Waals surface area contributed by atoms with Crippen LogP contribution in [-0.2, 0) is 0 Å². The number of guanidine groups is 1. The molecule has 0 saturated carbocycles. The number of halogens is 3. The molecule has 2 heterocycles. The minimum absolute atomic E-state index is 0.0781. The van der Waals surface area contributed by atoms with Crippen LogP contribution in [0, 0.1) is 0 Å². The third kappa shape index (κ3) is 1.45. The topological polar surface area (TPSA) is 27.6 Å². The Bertz CT molecular complexity index is 236. The first-order valence-electron chi connectivity index (χ1n) is 4.21. The molecule has 3 nitrogen and oxygen atoms in total. The molecular weight excluding hydrogens is 183 g/mol. The number of alkyl halides is 3. The first-order valence-corrected chi connectivity index (χ1v) is 4.21. The number of fused-ring (bicyclic) bond motifs is 1. The maximum absolute atomic E-state index is 12.5. The fourth-order valence-corrected chi connectivity index (χ4v) is 1.73. The second-order valence-corrected chi connectivity index (χ2v) is 3.17. The van der Waals surface area contributed by atoms with Gasteiger partial charge in [-0.1, -0.05) is 0 Å². The van der Waals surface area contributed by atoms with Gasteiger partial charge in [0, 0.05) is 19.6 Å². The predicted molar refractivity (Wildman–Crippen MR) is 41.5 cm³/mol. The van der Waals surface area contributed by atoms with Gasteiger partial charge in [0.1, 0.15) is 6.04 Å². The largest absolute Gasteiger partial charge is 0.408 e. The lowest BCUT2D eigenvalue weighted by Crippen LogP contribution is -2.50. The van der Waals surface area contributed by atoms with E-state index in [1.165, 1.54) is 4.90 Å². The molecule has 74 valence electrons. The summed E-state index contributed by atoms with van der Waals surface area (Å²) in [4.78, 5) is 5.30. The summed E-state index contributed by atoms with van der Waals surface area (Å²) in [5.74, 6) is 0.411. The predicted octanol–water partition coefficient (Wildman–Crippen LogP) is 0.582. The highest BCUT2D eigenvalue weighted by Gasteiger charge is 2.46. The zero-order valence-corrected chi connectivity index (χ0v) is 6.93. The highest BCUT2D eigenvalue weighted by Crippen LogP contribution is 2.30. The summed E-state index contributed by atoms with van der Waals surface area (Å²) in [6.45, 7) is 1.23. The Hall–Kier alpha value is -0.940. The van der Waals surface area contributed by atoms with Crippen molar-refractivity contribution in [1.82, 2.24) is 10.2 Å². The Morgan fingerprint density at radius 3 is 2.92 bits per heavy atom. The summed E-state index contributed by atoms with van der Waals surface area (Å²) >= 11 is 0. The number of aliphatic imine (C=N–C) groups is 1. The molecule has 1 unspecified atom stereocenters. The number of nitrogens with zero attached hydrogens (tertiary/aromatic N) is 2. The molecule has 0 spiro atoms. The third-order valence-corrected chi connectivity index (χ3v) is 2.33. The van der Waals surface area contributed by atoms with Crippen molar-refractivity contribution < 1.29 is 13.2 Å². The Morgan fingerprint density at radius 2 is 2.23 bits per heavy atom. The normalized spacial score (nSPS) is 28.1. The maximum atomic E-state index is 12.5. The average molecular weight is 193 g/mol. The molecular formula is C7H10F3N3. The molecule has 0 aromatic rings. The van der Waals surface area contributed by atoms with Crippen LogP contribution in [0.3, 0.4) is 0 Å². The van der Waals surface area contributed by atoms with Gasteiger partial charge >= 0.3 is 6.18 Å². The van der Waals surface area contributed by atoms with Crippen LogP contribution in [0.4, 0.5) is 13.2 Å². The van der Waals surface area contributed by atoms with Crippen LogP contribution in [0.25, 0.3) is 0 Å². The maximum Gasteiger partial charge on any atom is 0.408 e. The van der Waals surface area contributed by atoms with Crippen molar-refractivity contribution in [3.05, 3.63) is 0 Å². The Morgan fingerprint density at radius 1 is 1.46 bits per heavy atom. The first kappa shape index (κ1) is 8.65.